The Labute approximate surface area is 120 Å². The molecule has 2 aromatic rings. The topological polar surface area (TPSA) is 109 Å². The molecule has 8 heteroatoms. The Hall–Kier alpha value is -2.45. The van der Waals surface area contributed by atoms with Gasteiger partial charge < -0.3 is 10.4 Å². The number of amides is 1. The number of halogens is 1. The quantitative estimate of drug-likeness (QED) is 0.796. The molecule has 0 fully saturated rings. The lowest BCUT2D eigenvalue weighted by Crippen LogP contribution is -2.18. The molecule has 0 aliphatic rings. The van der Waals surface area contributed by atoms with Gasteiger partial charge in [-0.15, -0.1) is 0 Å². The summed E-state index contributed by atoms with van der Waals surface area (Å²) in [7, 11) is -4.11. The van der Waals surface area contributed by atoms with Crippen LogP contribution < -0.4 is 10.5 Å². The predicted molar refractivity (Wildman–Crippen MR) is 73.8 cm³/mol. The van der Waals surface area contributed by atoms with E-state index < -0.39 is 26.6 Å². The van der Waals surface area contributed by atoms with Crippen LogP contribution in [-0.4, -0.2) is 19.4 Å². The molecule has 110 valence electrons. The molecule has 0 radical (unpaired) electrons. The number of carbonyl (C=O) groups excluding carboxylic acids is 1. The first-order valence-corrected chi connectivity index (χ1v) is 7.25. The van der Waals surface area contributed by atoms with Crippen LogP contribution in [-0.2, 0) is 10.0 Å². The minimum atomic E-state index is -4.11. The second kappa shape index (κ2) is 5.51. The van der Waals surface area contributed by atoms with E-state index in [0.717, 1.165) is 18.2 Å². The highest BCUT2D eigenvalue weighted by atomic mass is 32.2. The second-order valence-electron chi connectivity index (χ2n) is 4.19. The maximum absolute atomic E-state index is 13.2. The van der Waals surface area contributed by atoms with Gasteiger partial charge in [0, 0.05) is 5.56 Å². The Kier molecular flexibility index (Phi) is 3.92. The molecule has 0 spiro atoms. The first kappa shape index (κ1) is 14.9. The highest BCUT2D eigenvalue weighted by Gasteiger charge is 2.17. The zero-order chi connectivity index (χ0) is 15.6. The third kappa shape index (κ3) is 3.56. The number of benzene rings is 2. The average molecular weight is 310 g/mol. The Morgan fingerprint density at radius 2 is 1.76 bits per heavy atom. The Bertz CT molecular complexity index is 788. The normalized spacial score (nSPS) is 11.1. The first-order valence-electron chi connectivity index (χ1n) is 5.70. The van der Waals surface area contributed by atoms with E-state index in [1.54, 1.807) is 0 Å². The number of carbonyl (C=O) groups is 1. The summed E-state index contributed by atoms with van der Waals surface area (Å²) in [5.41, 5.74) is -0.0898. The highest BCUT2D eigenvalue weighted by molar-refractivity contribution is 7.89. The van der Waals surface area contributed by atoms with Crippen LogP contribution in [0.25, 0.3) is 0 Å². The molecule has 2 rings (SSSR count). The highest BCUT2D eigenvalue weighted by Crippen LogP contribution is 2.22. The van der Waals surface area contributed by atoms with Crippen LogP contribution in [0.15, 0.2) is 47.4 Å². The number of aromatic hydroxyl groups is 1. The van der Waals surface area contributed by atoms with Gasteiger partial charge in [-0.25, -0.2) is 17.9 Å². The largest absolute Gasteiger partial charge is 0.508 e. The van der Waals surface area contributed by atoms with Crippen LogP contribution in [0, 0.1) is 5.82 Å². The Balaban J connectivity index is 2.37. The number of hydrogen-bond donors (Lipinski definition) is 3. The van der Waals surface area contributed by atoms with Crippen molar-refractivity contribution in [1.29, 1.82) is 0 Å². The lowest BCUT2D eigenvalue weighted by atomic mass is 10.2. The van der Waals surface area contributed by atoms with Gasteiger partial charge in [-0.2, -0.15) is 0 Å². The molecular weight excluding hydrogens is 299 g/mol. The fourth-order valence-electron chi connectivity index (χ4n) is 1.66. The van der Waals surface area contributed by atoms with Gasteiger partial charge in [0.05, 0.1) is 5.69 Å². The number of hydrogen-bond acceptors (Lipinski definition) is 4. The van der Waals surface area contributed by atoms with Gasteiger partial charge in [0.2, 0.25) is 10.0 Å². The van der Waals surface area contributed by atoms with Crippen molar-refractivity contribution in [3.05, 3.63) is 53.8 Å². The lowest BCUT2D eigenvalue weighted by Gasteiger charge is -2.10. The molecule has 0 saturated carbocycles. The standard InChI is InChI=1S/C13H11FN2O4S/c14-9-3-6-12(21(15,19)20)11(7-9)16-13(18)8-1-4-10(17)5-2-8/h1-7,17H,(H,16,18)(H2,15,19,20). The van der Waals surface area contributed by atoms with E-state index in [1.807, 2.05) is 0 Å². The maximum Gasteiger partial charge on any atom is 0.255 e. The van der Waals surface area contributed by atoms with Crippen molar-refractivity contribution in [2.75, 3.05) is 5.32 Å². The molecule has 0 bridgehead atoms. The molecular formula is C13H11FN2O4S. The summed E-state index contributed by atoms with van der Waals surface area (Å²) in [4.78, 5) is 11.6. The van der Waals surface area contributed by atoms with Gasteiger partial charge >= 0.3 is 0 Å². The fraction of sp³-hybridized carbons (Fsp3) is 0. The predicted octanol–water partition coefficient (Wildman–Crippen LogP) is 1.43. The van der Waals surface area contributed by atoms with E-state index >= 15 is 0 Å². The zero-order valence-electron chi connectivity index (χ0n) is 10.6. The number of anilines is 1. The molecule has 6 nitrogen and oxygen atoms in total. The van der Waals surface area contributed by atoms with E-state index in [0.29, 0.717) is 0 Å². The molecule has 0 aromatic heterocycles. The zero-order valence-corrected chi connectivity index (χ0v) is 11.4. The van der Waals surface area contributed by atoms with Gasteiger partial charge in [-0.05, 0) is 42.5 Å². The fourth-order valence-corrected chi connectivity index (χ4v) is 2.33. The molecule has 0 unspecified atom stereocenters. The number of nitrogens with two attached hydrogens (primary N) is 1. The molecule has 1 amide bonds. The van der Waals surface area contributed by atoms with Gasteiger partial charge in [-0.3, -0.25) is 4.79 Å². The third-order valence-corrected chi connectivity index (χ3v) is 3.59. The van der Waals surface area contributed by atoms with E-state index in [-0.39, 0.29) is 17.0 Å². The van der Waals surface area contributed by atoms with Crippen LogP contribution in [0.5, 0.6) is 5.75 Å². The molecule has 4 N–H and O–H groups in total. The molecule has 21 heavy (non-hydrogen) atoms. The summed E-state index contributed by atoms with van der Waals surface area (Å²) < 4.78 is 36.0. The van der Waals surface area contributed by atoms with E-state index in [9.17, 15) is 17.6 Å². The number of nitrogens with one attached hydrogen (secondary N) is 1. The number of rotatable bonds is 3. The minimum Gasteiger partial charge on any atom is -0.508 e. The van der Waals surface area contributed by atoms with Crippen LogP contribution in [0.4, 0.5) is 10.1 Å². The maximum atomic E-state index is 13.2. The Morgan fingerprint density at radius 1 is 1.14 bits per heavy atom. The van der Waals surface area contributed by atoms with E-state index in [2.05, 4.69) is 5.32 Å². The minimum absolute atomic E-state index is 0.0254. The number of primary sulfonamides is 1. The van der Waals surface area contributed by atoms with Crippen molar-refractivity contribution in [2.45, 2.75) is 4.90 Å². The lowest BCUT2D eigenvalue weighted by molar-refractivity contribution is 0.102. The molecule has 0 atom stereocenters. The number of sulfonamides is 1. The number of phenols is 1. The SMILES string of the molecule is NS(=O)(=O)c1ccc(F)cc1NC(=O)c1ccc(O)cc1. The summed E-state index contributed by atoms with van der Waals surface area (Å²) in [5.74, 6) is -1.41. The summed E-state index contributed by atoms with van der Waals surface area (Å²) in [6.45, 7) is 0. The monoisotopic (exact) mass is 310 g/mol. The Morgan fingerprint density at radius 3 is 2.33 bits per heavy atom. The molecule has 0 aliphatic carbocycles. The van der Waals surface area contributed by atoms with Crippen molar-refractivity contribution in [2.24, 2.45) is 5.14 Å². The first-order chi connectivity index (χ1) is 9.77. The van der Waals surface area contributed by atoms with Gasteiger partial charge in [0.15, 0.2) is 0 Å². The van der Waals surface area contributed by atoms with Crippen molar-refractivity contribution >= 4 is 21.6 Å². The average Bonchev–Trinajstić information content (AvgIpc) is 2.38. The van der Waals surface area contributed by atoms with Crippen molar-refractivity contribution in [3.63, 3.8) is 0 Å². The van der Waals surface area contributed by atoms with Crippen LogP contribution in [0.1, 0.15) is 10.4 Å². The summed E-state index contributed by atoms with van der Waals surface area (Å²) in [6.07, 6.45) is 0. The van der Waals surface area contributed by atoms with Crippen molar-refractivity contribution in [3.8, 4) is 5.75 Å². The molecule has 2 aromatic carbocycles. The molecule has 0 heterocycles. The van der Waals surface area contributed by atoms with E-state index in [4.69, 9.17) is 10.2 Å². The van der Waals surface area contributed by atoms with Gasteiger partial charge in [0.1, 0.15) is 16.5 Å². The third-order valence-electron chi connectivity index (χ3n) is 2.63. The van der Waals surface area contributed by atoms with Crippen LogP contribution >= 0.6 is 0 Å². The smallest absolute Gasteiger partial charge is 0.255 e. The van der Waals surface area contributed by atoms with Crippen molar-refractivity contribution in [1.82, 2.24) is 0 Å². The summed E-state index contributed by atoms with van der Waals surface area (Å²) >= 11 is 0. The summed E-state index contributed by atoms with van der Waals surface area (Å²) in [5, 5.41) is 16.4. The van der Waals surface area contributed by atoms with Gasteiger partial charge in [0.25, 0.3) is 5.91 Å². The van der Waals surface area contributed by atoms with Crippen LogP contribution in [0.2, 0.25) is 0 Å². The van der Waals surface area contributed by atoms with Gasteiger partial charge in [-0.1, -0.05) is 0 Å². The summed E-state index contributed by atoms with van der Waals surface area (Å²) in [6, 6.07) is 8.01. The van der Waals surface area contributed by atoms with E-state index in [1.165, 1.54) is 24.3 Å². The number of phenolic OH excluding ortho intramolecular Hbond substituents is 1. The van der Waals surface area contributed by atoms with Crippen LogP contribution in [0.3, 0.4) is 0 Å². The molecule has 0 saturated heterocycles. The molecule has 0 aliphatic heterocycles. The second-order valence-corrected chi connectivity index (χ2v) is 5.72. The van der Waals surface area contributed by atoms with Crippen molar-refractivity contribution < 1.29 is 22.7 Å².